The fraction of sp³-hybridized carbons (Fsp3) is 0.562. The number of amides is 1. The van der Waals surface area contributed by atoms with Gasteiger partial charge in [0.25, 0.3) is 0 Å². The van der Waals surface area contributed by atoms with Gasteiger partial charge in [0.05, 0.1) is 17.8 Å². The maximum atomic E-state index is 13.5. The van der Waals surface area contributed by atoms with Gasteiger partial charge in [0.15, 0.2) is 11.6 Å². The zero-order chi connectivity index (χ0) is 17.4. The highest BCUT2D eigenvalue weighted by atomic mass is 28.2. The number of hydrogen-bond donors (Lipinski definition) is 1. The van der Waals surface area contributed by atoms with Gasteiger partial charge in [-0.1, -0.05) is 20.8 Å². The molecule has 1 aromatic rings. The third kappa shape index (κ3) is 4.23. The van der Waals surface area contributed by atoms with Crippen LogP contribution in [0.5, 0.6) is 5.75 Å². The fourth-order valence-corrected chi connectivity index (χ4v) is 2.75. The van der Waals surface area contributed by atoms with E-state index in [0.29, 0.717) is 5.69 Å². The second-order valence-electron chi connectivity index (χ2n) is 7.18. The van der Waals surface area contributed by atoms with Crippen LogP contribution >= 0.6 is 0 Å². The first-order chi connectivity index (χ1) is 10.5. The predicted octanol–water partition coefficient (Wildman–Crippen LogP) is 3.49. The molecule has 5 nitrogen and oxygen atoms in total. The van der Waals surface area contributed by atoms with Crippen molar-refractivity contribution in [3.8, 4) is 5.75 Å². The number of anilines is 1. The predicted molar refractivity (Wildman–Crippen MR) is 86.3 cm³/mol. The lowest BCUT2D eigenvalue weighted by molar-refractivity contribution is -0.0133. The molecule has 0 unspecified atom stereocenters. The first kappa shape index (κ1) is 17.7. The number of benzene rings is 1. The summed E-state index contributed by atoms with van der Waals surface area (Å²) in [7, 11) is 0.264. The third-order valence-electron chi connectivity index (χ3n) is 3.45. The first-order valence-corrected chi connectivity index (χ1v) is 8.32. The summed E-state index contributed by atoms with van der Waals surface area (Å²) in [6, 6.07) is 3.81. The molecule has 2 radical (unpaired) electrons. The van der Waals surface area contributed by atoms with Gasteiger partial charge in [-0.25, -0.2) is 9.18 Å². The Labute approximate surface area is 138 Å². The van der Waals surface area contributed by atoms with Gasteiger partial charge in [0.2, 0.25) is 9.76 Å². The second-order valence-corrected chi connectivity index (χ2v) is 9.08. The molecule has 1 saturated heterocycles. The Bertz CT molecular complexity index is 600. The Morgan fingerprint density at radius 3 is 2.57 bits per heavy atom. The van der Waals surface area contributed by atoms with Crippen molar-refractivity contribution in [3.05, 3.63) is 24.0 Å². The molecule has 1 aliphatic rings. The lowest BCUT2D eigenvalue weighted by Gasteiger charge is -2.32. The summed E-state index contributed by atoms with van der Waals surface area (Å²) < 4.78 is 24.9. The number of cyclic esters (lactones) is 1. The van der Waals surface area contributed by atoms with Crippen LogP contribution in [0.25, 0.3) is 0 Å². The zero-order valence-corrected chi connectivity index (χ0v) is 15.0. The summed E-state index contributed by atoms with van der Waals surface area (Å²) in [6.45, 7) is 10.3. The summed E-state index contributed by atoms with van der Waals surface area (Å²) in [5, 5.41) is 9.28. The SMILES string of the molecule is CC(C)(C)[Si]OC(C)(C)[C@H]1CN(c2ccc(O)c(F)c2)C(=O)O1. The Hall–Kier alpha value is -1.60. The number of carbonyl (C=O) groups is 1. The molecule has 2 rings (SSSR count). The smallest absolute Gasteiger partial charge is 0.414 e. The summed E-state index contributed by atoms with van der Waals surface area (Å²) in [4.78, 5) is 13.4. The molecule has 1 atom stereocenters. The lowest BCUT2D eigenvalue weighted by Crippen LogP contribution is -2.43. The van der Waals surface area contributed by atoms with Gasteiger partial charge in [0, 0.05) is 6.07 Å². The summed E-state index contributed by atoms with van der Waals surface area (Å²) in [5.41, 5.74) is -0.298. The van der Waals surface area contributed by atoms with Crippen LogP contribution in [-0.4, -0.2) is 39.2 Å². The molecule has 0 bridgehead atoms. The van der Waals surface area contributed by atoms with Gasteiger partial charge < -0.3 is 14.3 Å². The molecule has 1 aromatic carbocycles. The Balaban J connectivity index is 2.11. The van der Waals surface area contributed by atoms with Crippen molar-refractivity contribution in [3.63, 3.8) is 0 Å². The standard InChI is InChI=1S/C16H22FNO4Si/c1-15(2,3)23-22-16(4,5)13-9-18(14(20)21-13)10-6-7-12(19)11(17)8-10/h6-8,13,19H,9H2,1-5H3/t13-/m1/s1. The van der Waals surface area contributed by atoms with Gasteiger partial charge in [-0.05, 0) is 31.0 Å². The maximum absolute atomic E-state index is 13.5. The van der Waals surface area contributed by atoms with E-state index in [4.69, 9.17) is 9.16 Å². The van der Waals surface area contributed by atoms with Gasteiger partial charge in [-0.2, -0.15) is 0 Å². The molecule has 1 N–H and O–H groups in total. The normalized spacial score (nSPS) is 19.1. The van der Waals surface area contributed by atoms with E-state index in [1.165, 1.54) is 17.0 Å². The molecule has 0 aliphatic carbocycles. The van der Waals surface area contributed by atoms with Crippen molar-refractivity contribution in [1.82, 2.24) is 0 Å². The van der Waals surface area contributed by atoms with Gasteiger partial charge >= 0.3 is 6.09 Å². The van der Waals surface area contributed by atoms with Crippen molar-refractivity contribution in [1.29, 1.82) is 0 Å². The molecular formula is C16H22FNO4Si. The van der Waals surface area contributed by atoms with E-state index < -0.39 is 29.4 Å². The molecule has 0 aromatic heterocycles. The first-order valence-electron chi connectivity index (χ1n) is 7.41. The number of phenolic OH excluding ortho intramolecular Hbond substituents is 1. The largest absolute Gasteiger partial charge is 0.505 e. The monoisotopic (exact) mass is 339 g/mol. The number of ether oxygens (including phenoxy) is 1. The number of aromatic hydroxyl groups is 1. The number of halogens is 1. The topological polar surface area (TPSA) is 59.0 Å². The van der Waals surface area contributed by atoms with Crippen LogP contribution in [0.4, 0.5) is 14.9 Å². The molecule has 0 saturated carbocycles. The molecule has 126 valence electrons. The van der Waals surface area contributed by atoms with Crippen molar-refractivity contribution in [2.45, 2.75) is 51.4 Å². The Morgan fingerprint density at radius 2 is 2.00 bits per heavy atom. The van der Waals surface area contributed by atoms with Crippen LogP contribution in [0.15, 0.2) is 18.2 Å². The second kappa shape index (κ2) is 6.12. The number of hydrogen-bond acceptors (Lipinski definition) is 4. The fourth-order valence-electron chi connectivity index (χ4n) is 2.05. The minimum atomic E-state index is -0.775. The Kier molecular flexibility index (Phi) is 4.73. The van der Waals surface area contributed by atoms with Crippen molar-refractivity contribution in [2.75, 3.05) is 11.4 Å². The molecule has 23 heavy (non-hydrogen) atoms. The molecule has 7 heteroatoms. The quantitative estimate of drug-likeness (QED) is 0.853. The van der Waals surface area contributed by atoms with Crippen LogP contribution in [0.3, 0.4) is 0 Å². The van der Waals surface area contributed by atoms with Crippen LogP contribution < -0.4 is 4.90 Å². The molecule has 0 spiro atoms. The number of phenols is 1. The van der Waals surface area contributed by atoms with Crippen molar-refractivity contribution >= 4 is 21.5 Å². The highest BCUT2D eigenvalue weighted by molar-refractivity contribution is 6.31. The van der Waals surface area contributed by atoms with E-state index in [2.05, 4.69) is 20.8 Å². The highest BCUT2D eigenvalue weighted by Crippen LogP contribution is 2.32. The Morgan fingerprint density at radius 1 is 1.35 bits per heavy atom. The minimum Gasteiger partial charge on any atom is -0.505 e. The lowest BCUT2D eigenvalue weighted by atomic mass is 10.0. The van der Waals surface area contributed by atoms with E-state index in [9.17, 15) is 14.3 Å². The third-order valence-corrected chi connectivity index (χ3v) is 4.69. The van der Waals surface area contributed by atoms with E-state index in [1.54, 1.807) is 0 Å². The molecular weight excluding hydrogens is 317 g/mol. The molecule has 1 fully saturated rings. The number of carbonyl (C=O) groups excluding carboxylic acids is 1. The maximum Gasteiger partial charge on any atom is 0.414 e. The highest BCUT2D eigenvalue weighted by Gasteiger charge is 2.43. The van der Waals surface area contributed by atoms with E-state index in [-0.39, 0.29) is 21.3 Å². The molecule has 1 amide bonds. The average molecular weight is 339 g/mol. The van der Waals surface area contributed by atoms with Crippen LogP contribution in [0, 0.1) is 5.82 Å². The van der Waals surface area contributed by atoms with E-state index in [1.807, 2.05) is 13.8 Å². The van der Waals surface area contributed by atoms with Gasteiger partial charge in [-0.15, -0.1) is 0 Å². The minimum absolute atomic E-state index is 0.0274. The van der Waals surface area contributed by atoms with E-state index >= 15 is 0 Å². The van der Waals surface area contributed by atoms with Gasteiger partial charge in [0.1, 0.15) is 6.10 Å². The average Bonchev–Trinajstić information content (AvgIpc) is 2.82. The van der Waals surface area contributed by atoms with Crippen molar-refractivity contribution < 1.29 is 23.5 Å². The van der Waals surface area contributed by atoms with Crippen LogP contribution in [0.2, 0.25) is 5.04 Å². The number of nitrogens with zero attached hydrogens (tertiary/aromatic N) is 1. The summed E-state index contributed by atoms with van der Waals surface area (Å²) in [5.74, 6) is -1.23. The summed E-state index contributed by atoms with van der Waals surface area (Å²) in [6.07, 6.45) is -1.00. The summed E-state index contributed by atoms with van der Waals surface area (Å²) >= 11 is 0. The van der Waals surface area contributed by atoms with Crippen molar-refractivity contribution in [2.24, 2.45) is 0 Å². The van der Waals surface area contributed by atoms with Crippen LogP contribution in [0.1, 0.15) is 34.6 Å². The van der Waals surface area contributed by atoms with E-state index in [0.717, 1.165) is 6.07 Å². The van der Waals surface area contributed by atoms with Gasteiger partial charge in [-0.3, -0.25) is 4.90 Å². The molecule has 1 aliphatic heterocycles. The number of rotatable bonds is 4. The molecule has 1 heterocycles. The van der Waals surface area contributed by atoms with Crippen LogP contribution in [-0.2, 0) is 9.16 Å². The zero-order valence-electron chi connectivity index (χ0n) is 14.0.